The number of aryl methyl sites for hydroxylation is 1. The summed E-state index contributed by atoms with van der Waals surface area (Å²) in [6, 6.07) is 4.19. The van der Waals surface area contributed by atoms with E-state index in [1.165, 1.54) is 25.2 Å². The fourth-order valence-electron chi connectivity index (χ4n) is 1.47. The van der Waals surface area contributed by atoms with Gasteiger partial charge in [-0.2, -0.15) is 4.31 Å². The van der Waals surface area contributed by atoms with Gasteiger partial charge in [0.1, 0.15) is 0 Å². The molecule has 0 aliphatic heterocycles. The summed E-state index contributed by atoms with van der Waals surface area (Å²) < 4.78 is 25.2. The smallest absolute Gasteiger partial charge is 0.249 e. The van der Waals surface area contributed by atoms with Crippen LogP contribution in [0.2, 0.25) is 0 Å². The Hall–Kier alpha value is -1.44. The van der Waals surface area contributed by atoms with Crippen molar-refractivity contribution < 1.29 is 18.3 Å². The van der Waals surface area contributed by atoms with E-state index in [4.69, 9.17) is 10.8 Å². The van der Waals surface area contributed by atoms with Gasteiger partial charge in [-0.15, -0.1) is 0 Å². The average Bonchev–Trinajstić information content (AvgIpc) is 2.29. The topological polar surface area (TPSA) is 101 Å². The SMILES string of the molecule is Cc1ccc(S(=O)(=O)N(C)CCO)cc1C(N)=O. The predicted octanol–water partition coefficient (Wildman–Crippen LogP) is -0.293. The molecule has 3 N–H and O–H groups in total. The molecular weight excluding hydrogens is 256 g/mol. The summed E-state index contributed by atoms with van der Waals surface area (Å²) in [5.74, 6) is -0.672. The van der Waals surface area contributed by atoms with Crippen LogP contribution < -0.4 is 5.73 Å². The van der Waals surface area contributed by atoms with Gasteiger partial charge in [0.25, 0.3) is 0 Å². The van der Waals surface area contributed by atoms with Crippen molar-refractivity contribution in [3.05, 3.63) is 29.3 Å². The molecule has 6 nitrogen and oxygen atoms in total. The molecule has 0 saturated heterocycles. The monoisotopic (exact) mass is 272 g/mol. The van der Waals surface area contributed by atoms with Crippen LogP contribution in [0.1, 0.15) is 15.9 Å². The van der Waals surface area contributed by atoms with Crippen molar-refractivity contribution in [1.82, 2.24) is 4.31 Å². The van der Waals surface area contributed by atoms with Crippen molar-refractivity contribution in [2.75, 3.05) is 20.2 Å². The highest BCUT2D eigenvalue weighted by atomic mass is 32.2. The number of nitrogens with two attached hydrogens (primary N) is 1. The first kappa shape index (κ1) is 14.6. The van der Waals surface area contributed by atoms with Crippen molar-refractivity contribution in [3.8, 4) is 0 Å². The number of nitrogens with zero attached hydrogens (tertiary/aromatic N) is 1. The van der Waals surface area contributed by atoms with Crippen LogP contribution in [0, 0.1) is 6.92 Å². The molecule has 18 heavy (non-hydrogen) atoms. The zero-order chi connectivity index (χ0) is 13.9. The van der Waals surface area contributed by atoms with Gasteiger partial charge < -0.3 is 10.8 Å². The van der Waals surface area contributed by atoms with Gasteiger partial charge in [-0.05, 0) is 24.6 Å². The normalized spacial score (nSPS) is 11.8. The number of carbonyl (C=O) groups is 1. The van der Waals surface area contributed by atoms with Crippen LogP contribution in [-0.2, 0) is 10.0 Å². The van der Waals surface area contributed by atoms with Gasteiger partial charge in [-0.25, -0.2) is 8.42 Å². The standard InChI is InChI=1S/C11H16N2O4S/c1-8-3-4-9(7-10(8)11(12)15)18(16,17)13(2)5-6-14/h3-4,7,14H,5-6H2,1-2H3,(H2,12,15). The molecule has 0 aliphatic rings. The van der Waals surface area contributed by atoms with E-state index in [0.717, 1.165) is 4.31 Å². The van der Waals surface area contributed by atoms with Crippen molar-refractivity contribution in [2.45, 2.75) is 11.8 Å². The highest BCUT2D eigenvalue weighted by molar-refractivity contribution is 7.89. The molecule has 1 rings (SSSR count). The predicted molar refractivity (Wildman–Crippen MR) is 66.6 cm³/mol. The number of carbonyl (C=O) groups excluding carboxylic acids is 1. The number of likely N-dealkylation sites (N-methyl/N-ethyl adjacent to an activating group) is 1. The van der Waals surface area contributed by atoms with Crippen molar-refractivity contribution in [2.24, 2.45) is 5.73 Å². The third kappa shape index (κ3) is 2.87. The summed E-state index contributed by atoms with van der Waals surface area (Å²) in [4.78, 5) is 11.2. The van der Waals surface area contributed by atoms with Crippen LogP contribution in [0.25, 0.3) is 0 Å². The lowest BCUT2D eigenvalue weighted by Gasteiger charge is -2.16. The molecule has 1 aromatic rings. The van der Waals surface area contributed by atoms with E-state index in [0.29, 0.717) is 5.56 Å². The Labute approximate surface area is 106 Å². The van der Waals surface area contributed by atoms with Gasteiger partial charge in [0.15, 0.2) is 0 Å². The molecule has 0 radical (unpaired) electrons. The number of primary amides is 1. The van der Waals surface area contributed by atoms with Gasteiger partial charge in [0.2, 0.25) is 15.9 Å². The molecule has 7 heteroatoms. The number of rotatable bonds is 5. The van der Waals surface area contributed by atoms with Crippen LogP contribution >= 0.6 is 0 Å². The van der Waals surface area contributed by atoms with Crippen molar-refractivity contribution in [1.29, 1.82) is 0 Å². The zero-order valence-electron chi connectivity index (χ0n) is 10.3. The quantitative estimate of drug-likeness (QED) is 0.769. The number of aliphatic hydroxyl groups is 1. The van der Waals surface area contributed by atoms with Crippen LogP contribution in [0.3, 0.4) is 0 Å². The summed E-state index contributed by atoms with van der Waals surface area (Å²) in [5, 5.41) is 8.75. The molecule has 0 spiro atoms. The molecule has 1 amide bonds. The molecule has 0 heterocycles. The van der Waals surface area contributed by atoms with Crippen LogP contribution in [0.15, 0.2) is 23.1 Å². The molecule has 0 aromatic heterocycles. The number of amides is 1. The fourth-order valence-corrected chi connectivity index (χ4v) is 2.66. The molecule has 0 bridgehead atoms. The minimum atomic E-state index is -3.71. The maximum absolute atomic E-state index is 12.1. The van der Waals surface area contributed by atoms with Crippen LogP contribution in [0.5, 0.6) is 0 Å². The molecule has 100 valence electrons. The Morgan fingerprint density at radius 1 is 1.44 bits per heavy atom. The van der Waals surface area contributed by atoms with E-state index in [2.05, 4.69) is 0 Å². The molecule has 0 saturated carbocycles. The largest absolute Gasteiger partial charge is 0.395 e. The Morgan fingerprint density at radius 3 is 2.56 bits per heavy atom. The first-order chi connectivity index (χ1) is 8.30. The summed E-state index contributed by atoms with van der Waals surface area (Å²) in [6.45, 7) is 1.39. The second-order valence-corrected chi connectivity index (χ2v) is 5.94. The molecular formula is C11H16N2O4S. The second kappa shape index (κ2) is 5.47. The Bertz CT molecular complexity index is 554. The van der Waals surface area contributed by atoms with Crippen LogP contribution in [0.4, 0.5) is 0 Å². The zero-order valence-corrected chi connectivity index (χ0v) is 11.1. The minimum Gasteiger partial charge on any atom is -0.395 e. The third-order valence-electron chi connectivity index (χ3n) is 2.60. The van der Waals surface area contributed by atoms with E-state index in [9.17, 15) is 13.2 Å². The first-order valence-electron chi connectivity index (χ1n) is 5.28. The van der Waals surface area contributed by atoms with Gasteiger partial charge >= 0.3 is 0 Å². The average molecular weight is 272 g/mol. The van der Waals surface area contributed by atoms with Gasteiger partial charge in [-0.3, -0.25) is 4.79 Å². The second-order valence-electron chi connectivity index (χ2n) is 3.89. The number of aliphatic hydroxyl groups excluding tert-OH is 1. The lowest BCUT2D eigenvalue weighted by Crippen LogP contribution is -2.30. The fraction of sp³-hybridized carbons (Fsp3) is 0.364. The Balaban J connectivity index is 3.26. The third-order valence-corrected chi connectivity index (χ3v) is 4.45. The summed E-state index contributed by atoms with van der Waals surface area (Å²) in [6.07, 6.45) is 0. The first-order valence-corrected chi connectivity index (χ1v) is 6.72. The van der Waals surface area contributed by atoms with E-state index in [1.807, 2.05) is 0 Å². The van der Waals surface area contributed by atoms with E-state index in [-0.39, 0.29) is 23.6 Å². The van der Waals surface area contributed by atoms with Gasteiger partial charge in [0.05, 0.1) is 11.5 Å². The lowest BCUT2D eigenvalue weighted by atomic mass is 10.1. The van der Waals surface area contributed by atoms with E-state index in [1.54, 1.807) is 6.92 Å². The summed E-state index contributed by atoms with van der Waals surface area (Å²) >= 11 is 0. The van der Waals surface area contributed by atoms with Gasteiger partial charge in [-0.1, -0.05) is 6.07 Å². The number of benzene rings is 1. The molecule has 1 aromatic carbocycles. The maximum Gasteiger partial charge on any atom is 0.249 e. The highest BCUT2D eigenvalue weighted by Gasteiger charge is 2.21. The number of hydrogen-bond acceptors (Lipinski definition) is 4. The number of hydrogen-bond donors (Lipinski definition) is 2. The highest BCUT2D eigenvalue weighted by Crippen LogP contribution is 2.18. The van der Waals surface area contributed by atoms with E-state index < -0.39 is 15.9 Å². The molecule has 0 unspecified atom stereocenters. The molecule has 0 fully saturated rings. The van der Waals surface area contributed by atoms with Crippen molar-refractivity contribution in [3.63, 3.8) is 0 Å². The minimum absolute atomic E-state index is 0.0118. The summed E-state index contributed by atoms with van der Waals surface area (Å²) in [5.41, 5.74) is 5.97. The van der Waals surface area contributed by atoms with Crippen molar-refractivity contribution >= 4 is 15.9 Å². The maximum atomic E-state index is 12.1. The Kier molecular flexibility index (Phi) is 4.44. The Morgan fingerprint density at radius 2 is 2.06 bits per heavy atom. The number of sulfonamides is 1. The molecule has 0 aliphatic carbocycles. The lowest BCUT2D eigenvalue weighted by molar-refractivity contribution is 0.0999. The summed E-state index contributed by atoms with van der Waals surface area (Å²) in [7, 11) is -2.35. The van der Waals surface area contributed by atoms with E-state index >= 15 is 0 Å². The molecule has 0 atom stereocenters. The van der Waals surface area contributed by atoms with Crippen LogP contribution in [-0.4, -0.2) is 43.9 Å². The van der Waals surface area contributed by atoms with Gasteiger partial charge in [0, 0.05) is 19.2 Å².